The van der Waals surface area contributed by atoms with Crippen LogP contribution in [-0.4, -0.2) is 31.2 Å². The van der Waals surface area contributed by atoms with Gasteiger partial charge in [0, 0.05) is 42.5 Å². The third-order valence-corrected chi connectivity index (χ3v) is 3.91. The molecular weight excluding hydrogens is 260 g/mol. The van der Waals surface area contributed by atoms with Gasteiger partial charge in [-0.3, -0.25) is 4.90 Å². The smallest absolute Gasteiger partial charge is 0.0589 e. The van der Waals surface area contributed by atoms with Gasteiger partial charge in [0.25, 0.3) is 0 Å². The van der Waals surface area contributed by atoms with Gasteiger partial charge in [0.05, 0.1) is 6.61 Å². The van der Waals surface area contributed by atoms with E-state index in [1.807, 2.05) is 18.2 Å². The van der Waals surface area contributed by atoms with Crippen LogP contribution in [0.2, 0.25) is 5.02 Å². The van der Waals surface area contributed by atoms with Gasteiger partial charge in [-0.15, -0.1) is 0 Å². The highest BCUT2D eigenvalue weighted by Crippen LogP contribution is 2.25. The van der Waals surface area contributed by atoms with E-state index >= 15 is 0 Å². The maximum absolute atomic E-state index is 6.26. The van der Waals surface area contributed by atoms with Gasteiger partial charge < -0.3 is 10.5 Å². The molecule has 0 bridgehead atoms. The fourth-order valence-electron chi connectivity index (χ4n) is 2.35. The molecule has 4 heteroatoms. The second-order valence-corrected chi connectivity index (χ2v) is 5.15. The van der Waals surface area contributed by atoms with E-state index in [2.05, 4.69) is 18.7 Å². The molecule has 0 aliphatic rings. The van der Waals surface area contributed by atoms with Crippen LogP contribution in [0, 0.1) is 0 Å². The predicted molar refractivity (Wildman–Crippen MR) is 82.5 cm³/mol. The van der Waals surface area contributed by atoms with Gasteiger partial charge in [-0.05, 0) is 25.0 Å². The SMILES string of the molecule is CCC(CC)N(CCOC)Cc1c(N)cccc1Cl. The van der Waals surface area contributed by atoms with E-state index in [0.717, 1.165) is 48.8 Å². The zero-order valence-corrected chi connectivity index (χ0v) is 12.9. The maximum Gasteiger partial charge on any atom is 0.0589 e. The first-order valence-corrected chi connectivity index (χ1v) is 7.27. The molecule has 0 saturated carbocycles. The molecule has 19 heavy (non-hydrogen) atoms. The number of hydrogen-bond acceptors (Lipinski definition) is 3. The minimum absolute atomic E-state index is 0.533. The van der Waals surface area contributed by atoms with Crippen LogP contribution >= 0.6 is 11.6 Å². The van der Waals surface area contributed by atoms with E-state index in [1.54, 1.807) is 7.11 Å². The third-order valence-electron chi connectivity index (χ3n) is 3.56. The van der Waals surface area contributed by atoms with Crippen molar-refractivity contribution in [1.82, 2.24) is 4.90 Å². The van der Waals surface area contributed by atoms with Crippen LogP contribution in [0.25, 0.3) is 0 Å². The van der Waals surface area contributed by atoms with Gasteiger partial charge in [0.2, 0.25) is 0 Å². The second kappa shape index (κ2) is 8.41. The standard InChI is InChI=1S/C15H25ClN2O/c1-4-12(5-2)18(9-10-19-3)11-13-14(16)7-6-8-15(13)17/h6-8,12H,4-5,9-11,17H2,1-3H3. The molecule has 0 atom stereocenters. The van der Waals surface area contributed by atoms with Gasteiger partial charge in [0.1, 0.15) is 0 Å². The molecule has 0 aromatic heterocycles. The quantitative estimate of drug-likeness (QED) is 0.742. The first kappa shape index (κ1) is 16.3. The Morgan fingerprint density at radius 2 is 2.00 bits per heavy atom. The Morgan fingerprint density at radius 3 is 2.53 bits per heavy atom. The van der Waals surface area contributed by atoms with Crippen LogP contribution < -0.4 is 5.73 Å². The summed E-state index contributed by atoms with van der Waals surface area (Å²) in [5.41, 5.74) is 7.82. The van der Waals surface area contributed by atoms with Crippen molar-refractivity contribution in [3.8, 4) is 0 Å². The molecule has 0 aliphatic carbocycles. The average Bonchev–Trinajstić information content (AvgIpc) is 2.40. The first-order chi connectivity index (χ1) is 9.13. The summed E-state index contributed by atoms with van der Waals surface area (Å²) in [7, 11) is 1.73. The van der Waals surface area contributed by atoms with Crippen LogP contribution in [0.3, 0.4) is 0 Å². The molecule has 1 aromatic carbocycles. The van der Waals surface area contributed by atoms with Gasteiger partial charge in [-0.1, -0.05) is 31.5 Å². The number of rotatable bonds is 8. The highest BCUT2D eigenvalue weighted by Gasteiger charge is 2.17. The molecule has 0 fully saturated rings. The highest BCUT2D eigenvalue weighted by molar-refractivity contribution is 6.31. The Morgan fingerprint density at radius 1 is 1.32 bits per heavy atom. The monoisotopic (exact) mass is 284 g/mol. The van der Waals surface area contributed by atoms with Crippen molar-refractivity contribution in [2.45, 2.75) is 39.3 Å². The molecule has 0 unspecified atom stereocenters. The summed E-state index contributed by atoms with van der Waals surface area (Å²) in [6, 6.07) is 6.22. The average molecular weight is 285 g/mol. The van der Waals surface area contributed by atoms with Crippen molar-refractivity contribution in [3.63, 3.8) is 0 Å². The number of anilines is 1. The Kier molecular flexibility index (Phi) is 7.21. The van der Waals surface area contributed by atoms with Crippen molar-refractivity contribution in [3.05, 3.63) is 28.8 Å². The number of nitrogens with two attached hydrogens (primary N) is 1. The van der Waals surface area contributed by atoms with Crippen molar-refractivity contribution >= 4 is 17.3 Å². The molecule has 0 saturated heterocycles. The lowest BCUT2D eigenvalue weighted by Gasteiger charge is -2.31. The molecule has 108 valence electrons. The first-order valence-electron chi connectivity index (χ1n) is 6.89. The fourth-order valence-corrected chi connectivity index (χ4v) is 2.59. The summed E-state index contributed by atoms with van der Waals surface area (Å²) in [6.45, 7) is 6.82. The largest absolute Gasteiger partial charge is 0.398 e. The maximum atomic E-state index is 6.26. The number of halogens is 1. The Balaban J connectivity index is 2.86. The number of nitrogens with zero attached hydrogens (tertiary/aromatic N) is 1. The minimum atomic E-state index is 0.533. The zero-order chi connectivity index (χ0) is 14.3. The summed E-state index contributed by atoms with van der Waals surface area (Å²) in [6.07, 6.45) is 2.23. The van der Waals surface area contributed by atoms with E-state index in [0.29, 0.717) is 6.04 Å². The van der Waals surface area contributed by atoms with Crippen molar-refractivity contribution in [2.24, 2.45) is 0 Å². The predicted octanol–water partition coefficient (Wildman–Crippen LogP) is 3.56. The second-order valence-electron chi connectivity index (χ2n) is 4.74. The van der Waals surface area contributed by atoms with E-state index in [9.17, 15) is 0 Å². The zero-order valence-electron chi connectivity index (χ0n) is 12.2. The lowest BCUT2D eigenvalue weighted by atomic mass is 10.1. The lowest BCUT2D eigenvalue weighted by Crippen LogP contribution is -2.36. The Bertz CT molecular complexity index is 360. The Hall–Kier alpha value is -0.770. The molecule has 0 spiro atoms. The molecular formula is C15H25ClN2O. The normalized spacial score (nSPS) is 11.5. The van der Waals surface area contributed by atoms with Crippen LogP contribution in [0.5, 0.6) is 0 Å². The molecule has 0 aliphatic heterocycles. The van der Waals surface area contributed by atoms with Crippen LogP contribution in [-0.2, 0) is 11.3 Å². The lowest BCUT2D eigenvalue weighted by molar-refractivity contribution is 0.110. The summed E-state index contributed by atoms with van der Waals surface area (Å²) >= 11 is 6.26. The molecule has 1 aromatic rings. The van der Waals surface area contributed by atoms with Crippen LogP contribution in [0.4, 0.5) is 5.69 Å². The van der Waals surface area contributed by atoms with Gasteiger partial charge in [-0.25, -0.2) is 0 Å². The topological polar surface area (TPSA) is 38.5 Å². The van der Waals surface area contributed by atoms with E-state index in [4.69, 9.17) is 22.1 Å². The van der Waals surface area contributed by atoms with E-state index in [-0.39, 0.29) is 0 Å². The van der Waals surface area contributed by atoms with Gasteiger partial charge in [-0.2, -0.15) is 0 Å². The number of ether oxygens (including phenoxy) is 1. The molecule has 0 amide bonds. The molecule has 0 radical (unpaired) electrons. The summed E-state index contributed by atoms with van der Waals surface area (Å²) in [5.74, 6) is 0. The summed E-state index contributed by atoms with van der Waals surface area (Å²) in [4.78, 5) is 2.40. The highest BCUT2D eigenvalue weighted by atomic mass is 35.5. The molecule has 3 nitrogen and oxygen atoms in total. The van der Waals surface area contributed by atoms with Crippen LogP contribution in [0.15, 0.2) is 18.2 Å². The van der Waals surface area contributed by atoms with Gasteiger partial charge in [0.15, 0.2) is 0 Å². The molecule has 1 rings (SSSR count). The Labute approximate surface area is 121 Å². The number of nitrogen functional groups attached to an aromatic ring is 1. The number of benzene rings is 1. The van der Waals surface area contributed by atoms with Crippen molar-refractivity contribution < 1.29 is 4.74 Å². The van der Waals surface area contributed by atoms with E-state index < -0.39 is 0 Å². The molecule has 0 heterocycles. The number of methoxy groups -OCH3 is 1. The van der Waals surface area contributed by atoms with Gasteiger partial charge >= 0.3 is 0 Å². The number of hydrogen-bond donors (Lipinski definition) is 1. The summed E-state index contributed by atoms with van der Waals surface area (Å²) < 4.78 is 5.20. The summed E-state index contributed by atoms with van der Waals surface area (Å²) in [5, 5.41) is 0.744. The fraction of sp³-hybridized carbons (Fsp3) is 0.600. The minimum Gasteiger partial charge on any atom is -0.398 e. The van der Waals surface area contributed by atoms with Crippen molar-refractivity contribution in [2.75, 3.05) is 26.0 Å². The van der Waals surface area contributed by atoms with E-state index in [1.165, 1.54) is 0 Å². The van der Waals surface area contributed by atoms with Crippen molar-refractivity contribution in [1.29, 1.82) is 0 Å². The third kappa shape index (κ3) is 4.68. The molecule has 2 N–H and O–H groups in total. The van der Waals surface area contributed by atoms with Crippen LogP contribution in [0.1, 0.15) is 32.3 Å².